The maximum absolute atomic E-state index is 13.9. The van der Waals surface area contributed by atoms with Crippen LogP contribution in [0.5, 0.6) is 0 Å². The molecule has 2 aromatic rings. The Morgan fingerprint density at radius 1 is 1.39 bits per heavy atom. The van der Waals surface area contributed by atoms with Gasteiger partial charge in [-0.05, 0) is 0 Å². The Balaban J connectivity index is 2.29. The van der Waals surface area contributed by atoms with E-state index >= 15 is 0 Å². The summed E-state index contributed by atoms with van der Waals surface area (Å²) >= 11 is -1.05. The van der Waals surface area contributed by atoms with Crippen LogP contribution in [0.25, 0.3) is 0 Å². The molecule has 2 atom stereocenters. The van der Waals surface area contributed by atoms with Gasteiger partial charge in [0.15, 0.2) is 0 Å². The van der Waals surface area contributed by atoms with Crippen LogP contribution in [0, 0.1) is 18.2 Å². The summed E-state index contributed by atoms with van der Waals surface area (Å²) in [5, 5.41) is 2.86. The predicted molar refractivity (Wildman–Crippen MR) is 92.0 cm³/mol. The second-order valence-electron chi connectivity index (χ2n) is 5.29. The van der Waals surface area contributed by atoms with Crippen LogP contribution in [0.1, 0.15) is 30.6 Å². The van der Waals surface area contributed by atoms with Crippen molar-refractivity contribution in [1.29, 1.82) is 0 Å². The molecular weight excluding hydrogens is 354 g/mol. The summed E-state index contributed by atoms with van der Waals surface area (Å²) in [7, 11) is 0. The first kappa shape index (κ1) is 17.2. The molecule has 2 unspecified atom stereocenters. The number of nitrogens with one attached hydrogen (secondary N) is 1. The zero-order valence-corrected chi connectivity index (χ0v) is 15.2. The Morgan fingerprint density at radius 3 is 2.78 bits per heavy atom. The monoisotopic (exact) mass is 372 g/mol. The van der Waals surface area contributed by atoms with E-state index in [1.54, 1.807) is 43.5 Å². The van der Waals surface area contributed by atoms with E-state index in [0.717, 1.165) is 0 Å². The molecule has 1 aromatic heterocycles. The van der Waals surface area contributed by atoms with Crippen LogP contribution >= 0.6 is 0 Å². The van der Waals surface area contributed by atoms with Gasteiger partial charge >= 0.3 is 142 Å². The van der Waals surface area contributed by atoms with E-state index in [1.807, 2.05) is 6.92 Å². The number of aromatic nitrogens is 1. The summed E-state index contributed by atoms with van der Waals surface area (Å²) in [5.41, 5.74) is -0.243. The van der Waals surface area contributed by atoms with Crippen molar-refractivity contribution in [3.63, 3.8) is 0 Å². The van der Waals surface area contributed by atoms with Crippen LogP contribution in [-0.4, -0.2) is 32.2 Å². The molecular formula is C18H18AsFN2O. The molecule has 0 aliphatic heterocycles. The number of terminal acetylenes is 1. The van der Waals surface area contributed by atoms with Crippen molar-refractivity contribution in [2.45, 2.75) is 25.8 Å². The van der Waals surface area contributed by atoms with Crippen LogP contribution in [0.15, 0.2) is 42.6 Å². The Morgan fingerprint density at radius 2 is 2.13 bits per heavy atom. The SMILES string of the molecule is C#CC(C)(CC)NC(=O)c1cccnc1[AsH]c1ccccc1F. The van der Waals surface area contributed by atoms with Crippen molar-refractivity contribution in [3.8, 4) is 12.3 Å². The molecule has 1 heterocycles. The minimum absolute atomic E-state index is 0.258. The van der Waals surface area contributed by atoms with Crippen molar-refractivity contribution < 1.29 is 9.18 Å². The van der Waals surface area contributed by atoms with Gasteiger partial charge in [-0.3, -0.25) is 0 Å². The summed E-state index contributed by atoms with van der Waals surface area (Å²) in [5.74, 6) is 2.08. The van der Waals surface area contributed by atoms with Gasteiger partial charge in [0.25, 0.3) is 0 Å². The van der Waals surface area contributed by atoms with Gasteiger partial charge in [-0.2, -0.15) is 0 Å². The Kier molecular flexibility index (Phi) is 5.58. The summed E-state index contributed by atoms with van der Waals surface area (Å²) in [4.78, 5) is 16.8. The quantitative estimate of drug-likeness (QED) is 0.632. The minimum atomic E-state index is -1.05. The van der Waals surface area contributed by atoms with E-state index in [2.05, 4.69) is 16.2 Å². The molecule has 1 aromatic carbocycles. The van der Waals surface area contributed by atoms with E-state index in [-0.39, 0.29) is 11.7 Å². The molecule has 0 saturated heterocycles. The number of benzene rings is 1. The normalized spacial score (nSPS) is 13.5. The molecule has 5 heteroatoms. The number of carbonyl (C=O) groups is 1. The Hall–Kier alpha value is -2.11. The fraction of sp³-hybridized carbons (Fsp3) is 0.222. The first-order valence-electron chi connectivity index (χ1n) is 7.26. The predicted octanol–water partition coefficient (Wildman–Crippen LogP) is 1.14. The molecule has 3 nitrogen and oxygen atoms in total. The van der Waals surface area contributed by atoms with Gasteiger partial charge in [0, 0.05) is 0 Å². The number of nitrogens with zero attached hydrogens (tertiary/aromatic N) is 1. The van der Waals surface area contributed by atoms with Gasteiger partial charge in [-0.1, -0.05) is 0 Å². The molecule has 0 aliphatic rings. The molecule has 2 rings (SSSR count). The van der Waals surface area contributed by atoms with Gasteiger partial charge in [0.2, 0.25) is 0 Å². The summed E-state index contributed by atoms with van der Waals surface area (Å²) in [6, 6.07) is 10.0. The standard InChI is InChI=1S/C18H18AsFN2O/c1-4-18(3,5-2)22-17(23)13-9-8-12-21-16(13)19-14-10-6-7-11-15(14)20/h1,6-12,19H,5H2,2-3H3,(H,22,23). The summed E-state index contributed by atoms with van der Waals surface area (Å²) < 4.78 is 15.1. The zero-order valence-electron chi connectivity index (χ0n) is 13.1. The number of hydrogen-bond acceptors (Lipinski definition) is 2. The fourth-order valence-corrected chi connectivity index (χ4v) is 4.25. The summed E-state index contributed by atoms with van der Waals surface area (Å²) in [6.07, 6.45) is 7.74. The molecule has 23 heavy (non-hydrogen) atoms. The van der Waals surface area contributed by atoms with Gasteiger partial charge in [0.1, 0.15) is 0 Å². The number of amides is 1. The molecule has 1 amide bonds. The van der Waals surface area contributed by atoms with Gasteiger partial charge in [-0.25, -0.2) is 0 Å². The first-order valence-corrected chi connectivity index (χ1v) is 9.36. The number of pyridine rings is 1. The average Bonchev–Trinajstić information content (AvgIpc) is 2.57. The summed E-state index contributed by atoms with van der Waals surface area (Å²) in [6.45, 7) is 3.71. The third kappa shape index (κ3) is 4.21. The Bertz CT molecular complexity index is 757. The van der Waals surface area contributed by atoms with Crippen molar-refractivity contribution in [2.24, 2.45) is 0 Å². The number of rotatable bonds is 5. The molecule has 0 radical (unpaired) electrons. The third-order valence-corrected chi connectivity index (χ3v) is 6.34. The second-order valence-corrected chi connectivity index (χ2v) is 7.94. The van der Waals surface area contributed by atoms with Gasteiger partial charge in [-0.15, -0.1) is 0 Å². The van der Waals surface area contributed by atoms with Crippen LogP contribution < -0.4 is 14.1 Å². The number of carbonyl (C=O) groups excluding carboxylic acids is 1. The van der Waals surface area contributed by atoms with E-state index in [0.29, 0.717) is 20.8 Å². The topological polar surface area (TPSA) is 42.0 Å². The van der Waals surface area contributed by atoms with Crippen LogP contribution in [0.4, 0.5) is 4.39 Å². The molecule has 1 N–H and O–H groups in total. The third-order valence-electron chi connectivity index (χ3n) is 3.59. The van der Waals surface area contributed by atoms with Gasteiger partial charge < -0.3 is 0 Å². The maximum atomic E-state index is 13.9. The van der Waals surface area contributed by atoms with Crippen molar-refractivity contribution in [2.75, 3.05) is 0 Å². The number of halogens is 1. The molecule has 0 fully saturated rings. The average molecular weight is 372 g/mol. The van der Waals surface area contributed by atoms with Crippen LogP contribution in [-0.2, 0) is 0 Å². The molecule has 0 spiro atoms. The van der Waals surface area contributed by atoms with E-state index in [4.69, 9.17) is 6.42 Å². The van der Waals surface area contributed by atoms with E-state index < -0.39 is 21.3 Å². The van der Waals surface area contributed by atoms with E-state index in [9.17, 15) is 9.18 Å². The van der Waals surface area contributed by atoms with Crippen molar-refractivity contribution in [1.82, 2.24) is 10.3 Å². The molecule has 0 aliphatic carbocycles. The number of hydrogen-bond donors (Lipinski definition) is 1. The molecule has 0 bridgehead atoms. The molecule has 0 saturated carbocycles. The van der Waals surface area contributed by atoms with Gasteiger partial charge in [0.05, 0.1) is 0 Å². The first-order chi connectivity index (χ1) is 11.0. The van der Waals surface area contributed by atoms with Crippen molar-refractivity contribution in [3.05, 3.63) is 54.0 Å². The zero-order chi connectivity index (χ0) is 16.9. The Labute approximate surface area is 142 Å². The second kappa shape index (κ2) is 7.44. The van der Waals surface area contributed by atoms with Crippen LogP contribution in [0.3, 0.4) is 0 Å². The van der Waals surface area contributed by atoms with Crippen molar-refractivity contribution >= 4 is 30.5 Å². The molecule has 118 valence electrons. The van der Waals surface area contributed by atoms with Crippen LogP contribution in [0.2, 0.25) is 0 Å². The fourth-order valence-electron chi connectivity index (χ4n) is 1.92. The van der Waals surface area contributed by atoms with E-state index in [1.165, 1.54) is 6.07 Å².